The van der Waals surface area contributed by atoms with Crippen molar-refractivity contribution in [2.75, 3.05) is 0 Å². The summed E-state index contributed by atoms with van der Waals surface area (Å²) in [6.07, 6.45) is 4.43. The predicted octanol–water partition coefficient (Wildman–Crippen LogP) is 2.60. The predicted molar refractivity (Wildman–Crippen MR) is 63.1 cm³/mol. The second-order valence-corrected chi connectivity index (χ2v) is 5.64. The van der Waals surface area contributed by atoms with Gasteiger partial charge in [-0.3, -0.25) is 4.98 Å². The highest BCUT2D eigenvalue weighted by Gasteiger charge is 2.29. The number of hydrogen-bond acceptors (Lipinski definition) is 5. The Kier molecular flexibility index (Phi) is 2.31. The summed E-state index contributed by atoms with van der Waals surface area (Å²) in [7, 11) is 0. The average Bonchev–Trinajstić information content (AvgIpc) is 2.83. The first-order valence-electron chi connectivity index (χ1n) is 4.97. The van der Waals surface area contributed by atoms with Crippen molar-refractivity contribution in [3.8, 4) is 9.88 Å². The molecule has 1 saturated carbocycles. The van der Waals surface area contributed by atoms with E-state index in [1.165, 1.54) is 23.4 Å². The van der Waals surface area contributed by atoms with E-state index in [0.29, 0.717) is 12.5 Å². The molecule has 5 heteroatoms. The van der Waals surface area contributed by atoms with Crippen LogP contribution in [0, 0.1) is 0 Å². The smallest absolute Gasteiger partial charge is 0.135 e. The highest BCUT2D eigenvalue weighted by molar-refractivity contribution is 7.20. The zero-order valence-corrected chi connectivity index (χ0v) is 9.77. The Morgan fingerprint density at radius 1 is 1.47 bits per heavy atom. The molecule has 0 radical (unpaired) electrons. The molecule has 0 atom stereocenters. The van der Waals surface area contributed by atoms with Crippen molar-refractivity contribution in [3.05, 3.63) is 22.3 Å². The van der Waals surface area contributed by atoms with Gasteiger partial charge in [0.1, 0.15) is 5.01 Å². The molecule has 2 aromatic rings. The van der Waals surface area contributed by atoms with Gasteiger partial charge in [0.05, 0.1) is 16.1 Å². The van der Waals surface area contributed by atoms with Crippen molar-refractivity contribution < 1.29 is 0 Å². The molecular formula is C10H11N3S2. The standard InChI is InChI=1S/C10H11N3S2/c11-3-7-9(6-1-2-6)13-10(15-7)8-4-12-5-14-8/h4-6H,1-3,11H2. The van der Waals surface area contributed by atoms with Crippen LogP contribution < -0.4 is 5.73 Å². The summed E-state index contributed by atoms with van der Waals surface area (Å²) >= 11 is 3.36. The zero-order valence-electron chi connectivity index (χ0n) is 8.14. The van der Waals surface area contributed by atoms with Crippen molar-refractivity contribution in [2.45, 2.75) is 25.3 Å². The fourth-order valence-corrected chi connectivity index (χ4v) is 3.32. The number of aromatic nitrogens is 2. The van der Waals surface area contributed by atoms with E-state index in [-0.39, 0.29) is 0 Å². The van der Waals surface area contributed by atoms with Crippen LogP contribution in [0.2, 0.25) is 0 Å². The Balaban J connectivity index is 2.03. The Bertz CT molecular complexity index is 457. The lowest BCUT2D eigenvalue weighted by atomic mass is 10.2. The first-order valence-corrected chi connectivity index (χ1v) is 6.66. The van der Waals surface area contributed by atoms with Gasteiger partial charge >= 0.3 is 0 Å². The summed E-state index contributed by atoms with van der Waals surface area (Å²) < 4.78 is 0. The monoisotopic (exact) mass is 237 g/mol. The Morgan fingerprint density at radius 3 is 2.93 bits per heavy atom. The van der Waals surface area contributed by atoms with Crippen LogP contribution >= 0.6 is 22.7 Å². The van der Waals surface area contributed by atoms with Crippen LogP contribution in [0.25, 0.3) is 9.88 Å². The molecule has 1 aliphatic carbocycles. The fourth-order valence-electron chi connectivity index (χ4n) is 1.61. The molecule has 2 aromatic heterocycles. The van der Waals surface area contributed by atoms with Crippen LogP contribution in [0.5, 0.6) is 0 Å². The highest BCUT2D eigenvalue weighted by atomic mass is 32.1. The van der Waals surface area contributed by atoms with Crippen molar-refractivity contribution in [1.82, 2.24) is 9.97 Å². The molecule has 0 amide bonds. The van der Waals surface area contributed by atoms with Gasteiger partial charge in [0.15, 0.2) is 0 Å². The van der Waals surface area contributed by atoms with Crippen LogP contribution in [0.4, 0.5) is 0 Å². The molecular weight excluding hydrogens is 226 g/mol. The van der Waals surface area contributed by atoms with E-state index < -0.39 is 0 Å². The first-order chi connectivity index (χ1) is 7.38. The van der Waals surface area contributed by atoms with Crippen molar-refractivity contribution in [1.29, 1.82) is 0 Å². The van der Waals surface area contributed by atoms with Crippen molar-refractivity contribution in [2.24, 2.45) is 5.73 Å². The van der Waals surface area contributed by atoms with Crippen LogP contribution in [-0.4, -0.2) is 9.97 Å². The van der Waals surface area contributed by atoms with Crippen LogP contribution in [-0.2, 0) is 6.54 Å². The molecule has 3 nitrogen and oxygen atoms in total. The minimum atomic E-state index is 0.613. The molecule has 2 N–H and O–H groups in total. The van der Waals surface area contributed by atoms with Gasteiger partial charge in [0.25, 0.3) is 0 Å². The third-order valence-electron chi connectivity index (χ3n) is 2.52. The maximum atomic E-state index is 5.74. The number of nitrogens with two attached hydrogens (primary N) is 1. The largest absolute Gasteiger partial charge is 0.326 e. The molecule has 0 saturated heterocycles. The van der Waals surface area contributed by atoms with Gasteiger partial charge in [-0.25, -0.2) is 4.98 Å². The summed E-state index contributed by atoms with van der Waals surface area (Å²) in [6, 6.07) is 0. The normalized spacial score (nSPS) is 15.8. The molecule has 15 heavy (non-hydrogen) atoms. The lowest BCUT2D eigenvalue weighted by Crippen LogP contribution is -1.96. The Labute approximate surface area is 96.0 Å². The summed E-state index contributed by atoms with van der Waals surface area (Å²) in [5.74, 6) is 0.682. The van der Waals surface area contributed by atoms with E-state index in [9.17, 15) is 0 Å². The molecule has 1 fully saturated rings. The topological polar surface area (TPSA) is 51.8 Å². The van der Waals surface area contributed by atoms with E-state index in [0.717, 1.165) is 9.88 Å². The number of rotatable bonds is 3. The van der Waals surface area contributed by atoms with Gasteiger partial charge in [-0.05, 0) is 12.8 Å². The fraction of sp³-hybridized carbons (Fsp3) is 0.400. The molecule has 0 spiro atoms. The van der Waals surface area contributed by atoms with E-state index >= 15 is 0 Å². The Hall–Kier alpha value is -0.780. The average molecular weight is 237 g/mol. The van der Waals surface area contributed by atoms with Crippen LogP contribution in [0.15, 0.2) is 11.7 Å². The third kappa shape index (κ3) is 1.71. The number of hydrogen-bond donors (Lipinski definition) is 1. The second-order valence-electron chi connectivity index (χ2n) is 3.67. The minimum Gasteiger partial charge on any atom is -0.326 e. The van der Waals surface area contributed by atoms with Gasteiger partial charge in [-0.1, -0.05) is 0 Å². The highest BCUT2D eigenvalue weighted by Crippen LogP contribution is 2.44. The number of nitrogens with zero attached hydrogens (tertiary/aromatic N) is 2. The SMILES string of the molecule is NCc1sc(-c2cncs2)nc1C1CC1. The zero-order chi connectivity index (χ0) is 10.3. The molecule has 0 unspecified atom stereocenters. The van der Waals surface area contributed by atoms with Crippen molar-refractivity contribution >= 4 is 22.7 Å². The molecule has 1 aliphatic rings. The van der Waals surface area contributed by atoms with Gasteiger partial charge in [0.2, 0.25) is 0 Å². The van der Waals surface area contributed by atoms with E-state index in [1.54, 1.807) is 22.7 Å². The maximum absolute atomic E-state index is 5.74. The van der Waals surface area contributed by atoms with Gasteiger partial charge in [0, 0.05) is 23.5 Å². The summed E-state index contributed by atoms with van der Waals surface area (Å²) in [4.78, 5) is 11.2. The molecule has 0 aromatic carbocycles. The van der Waals surface area contributed by atoms with Gasteiger partial charge in [-0.2, -0.15) is 0 Å². The lowest BCUT2D eigenvalue weighted by Gasteiger charge is -1.93. The van der Waals surface area contributed by atoms with Crippen LogP contribution in [0.1, 0.15) is 29.3 Å². The summed E-state index contributed by atoms with van der Waals surface area (Å²) in [5.41, 5.74) is 8.83. The second kappa shape index (κ2) is 3.66. The van der Waals surface area contributed by atoms with Crippen LogP contribution in [0.3, 0.4) is 0 Å². The maximum Gasteiger partial charge on any atom is 0.135 e. The molecule has 78 valence electrons. The van der Waals surface area contributed by atoms with E-state index in [1.807, 2.05) is 11.7 Å². The molecule has 0 bridgehead atoms. The third-order valence-corrected chi connectivity index (χ3v) is 4.56. The van der Waals surface area contributed by atoms with Gasteiger partial charge < -0.3 is 5.73 Å². The summed E-state index contributed by atoms with van der Waals surface area (Å²) in [5, 5.41) is 1.08. The quantitative estimate of drug-likeness (QED) is 0.892. The van der Waals surface area contributed by atoms with Crippen molar-refractivity contribution in [3.63, 3.8) is 0 Å². The molecule has 2 heterocycles. The lowest BCUT2D eigenvalue weighted by molar-refractivity contribution is 0.980. The van der Waals surface area contributed by atoms with Gasteiger partial charge in [-0.15, -0.1) is 22.7 Å². The molecule has 0 aliphatic heterocycles. The van der Waals surface area contributed by atoms with E-state index in [2.05, 4.69) is 4.98 Å². The number of thiazole rings is 2. The summed E-state index contributed by atoms with van der Waals surface area (Å²) in [6.45, 7) is 0.613. The Morgan fingerprint density at radius 2 is 2.33 bits per heavy atom. The first kappa shape index (κ1) is 9.45. The molecule has 3 rings (SSSR count). The van der Waals surface area contributed by atoms with E-state index in [4.69, 9.17) is 10.7 Å². The minimum absolute atomic E-state index is 0.613.